The number of aromatic nitrogens is 2. The van der Waals surface area contributed by atoms with Crippen molar-refractivity contribution in [3.8, 4) is 0 Å². The smallest absolute Gasteiger partial charge is 0.191 e. The van der Waals surface area contributed by atoms with Crippen molar-refractivity contribution in [2.24, 2.45) is 0 Å². The maximum Gasteiger partial charge on any atom is 0.191 e. The van der Waals surface area contributed by atoms with Gasteiger partial charge in [-0.1, -0.05) is 11.8 Å². The Morgan fingerprint density at radius 1 is 1.35 bits per heavy atom. The van der Waals surface area contributed by atoms with E-state index in [4.69, 9.17) is 0 Å². The molecule has 2 rings (SSSR count). The normalized spacial score (nSPS) is 20.8. The van der Waals surface area contributed by atoms with Crippen LogP contribution in [0.3, 0.4) is 0 Å². The van der Waals surface area contributed by atoms with E-state index in [-0.39, 0.29) is 5.25 Å². The van der Waals surface area contributed by atoms with Gasteiger partial charge in [-0.05, 0) is 26.0 Å². The van der Waals surface area contributed by atoms with Crippen LogP contribution in [0, 0.1) is 0 Å². The molecule has 1 unspecified atom stereocenters. The van der Waals surface area contributed by atoms with E-state index >= 15 is 0 Å². The van der Waals surface area contributed by atoms with E-state index in [1.807, 2.05) is 19.2 Å². The molecule has 2 N–H and O–H groups in total. The zero-order valence-corrected chi connectivity index (χ0v) is 13.4. The first-order valence-corrected chi connectivity index (χ1v) is 9.61. The summed E-state index contributed by atoms with van der Waals surface area (Å²) < 4.78 is 23.6. The van der Waals surface area contributed by atoms with Crippen LogP contribution in [-0.4, -0.2) is 48.7 Å². The topological polar surface area (TPSA) is 84.0 Å². The van der Waals surface area contributed by atoms with Crippen molar-refractivity contribution in [3.63, 3.8) is 0 Å². The van der Waals surface area contributed by atoms with Crippen LogP contribution < -0.4 is 10.6 Å². The van der Waals surface area contributed by atoms with Crippen molar-refractivity contribution in [1.82, 2.24) is 9.97 Å². The van der Waals surface area contributed by atoms with Crippen LogP contribution in [0.2, 0.25) is 0 Å². The average Bonchev–Trinajstić information content (AvgIpc) is 2.75. The predicted molar refractivity (Wildman–Crippen MR) is 83.3 cm³/mol. The zero-order valence-electron chi connectivity index (χ0n) is 11.7. The van der Waals surface area contributed by atoms with Gasteiger partial charge >= 0.3 is 0 Å². The first kappa shape index (κ1) is 15.4. The Morgan fingerprint density at radius 2 is 2.05 bits per heavy atom. The molecule has 1 aromatic rings. The van der Waals surface area contributed by atoms with Crippen LogP contribution in [0.5, 0.6) is 0 Å². The minimum atomic E-state index is -2.92. The largest absolute Gasteiger partial charge is 0.370 e. The maximum atomic E-state index is 11.8. The summed E-state index contributed by atoms with van der Waals surface area (Å²) in [7, 11) is -2.92. The third kappa shape index (κ3) is 3.76. The van der Waals surface area contributed by atoms with Crippen LogP contribution in [0.4, 0.5) is 11.6 Å². The molecule has 1 aliphatic heterocycles. The molecule has 0 bridgehead atoms. The lowest BCUT2D eigenvalue weighted by molar-refractivity contribution is 0.591. The van der Waals surface area contributed by atoms with Gasteiger partial charge in [-0.15, -0.1) is 0 Å². The van der Waals surface area contributed by atoms with E-state index in [0.717, 1.165) is 25.2 Å². The summed E-state index contributed by atoms with van der Waals surface area (Å²) in [4.78, 5) is 8.68. The van der Waals surface area contributed by atoms with Gasteiger partial charge in [0.1, 0.15) is 11.6 Å². The molecular weight excluding hydrogens is 296 g/mol. The molecule has 1 saturated heterocycles. The van der Waals surface area contributed by atoms with Crippen LogP contribution in [0.15, 0.2) is 11.2 Å². The summed E-state index contributed by atoms with van der Waals surface area (Å²) in [5.41, 5.74) is 0. The van der Waals surface area contributed by atoms with Crippen molar-refractivity contribution >= 4 is 33.2 Å². The van der Waals surface area contributed by atoms with Crippen molar-refractivity contribution in [2.75, 3.05) is 35.7 Å². The molecule has 0 aliphatic carbocycles. The first-order valence-electron chi connectivity index (χ1n) is 6.67. The van der Waals surface area contributed by atoms with E-state index in [1.54, 1.807) is 0 Å². The van der Waals surface area contributed by atoms with E-state index in [0.29, 0.717) is 23.3 Å². The van der Waals surface area contributed by atoms with Gasteiger partial charge in [0, 0.05) is 19.2 Å². The maximum absolute atomic E-state index is 11.8. The van der Waals surface area contributed by atoms with Crippen LogP contribution in [0.1, 0.15) is 19.8 Å². The highest BCUT2D eigenvalue weighted by Gasteiger charge is 2.30. The molecule has 1 fully saturated rings. The highest BCUT2D eigenvalue weighted by molar-refractivity contribution is 7.98. The molecular formula is C12H20N4O2S2. The van der Waals surface area contributed by atoms with Crippen LogP contribution in [-0.2, 0) is 9.84 Å². The molecule has 112 valence electrons. The summed E-state index contributed by atoms with van der Waals surface area (Å²) in [6, 6.07) is 1.81. The Bertz CT molecular complexity index is 563. The Kier molecular flexibility index (Phi) is 5.09. The second kappa shape index (κ2) is 6.62. The summed E-state index contributed by atoms with van der Waals surface area (Å²) in [6.07, 6.45) is 3.41. The summed E-state index contributed by atoms with van der Waals surface area (Å²) >= 11 is 1.46. The quantitative estimate of drug-likeness (QED) is 0.609. The number of nitrogens with one attached hydrogen (secondary N) is 2. The predicted octanol–water partition coefficient (Wildman–Crippen LogP) is 1.62. The molecule has 0 spiro atoms. The molecule has 6 nitrogen and oxygen atoms in total. The zero-order chi connectivity index (χ0) is 14.6. The number of thioether (sulfide) groups is 1. The summed E-state index contributed by atoms with van der Waals surface area (Å²) in [5, 5.41) is 6.65. The third-order valence-electron chi connectivity index (χ3n) is 3.22. The van der Waals surface area contributed by atoms with E-state index in [2.05, 4.69) is 20.6 Å². The van der Waals surface area contributed by atoms with Gasteiger partial charge in [0.25, 0.3) is 0 Å². The Labute approximate surface area is 124 Å². The monoisotopic (exact) mass is 316 g/mol. The Morgan fingerprint density at radius 3 is 2.60 bits per heavy atom. The average molecular weight is 316 g/mol. The van der Waals surface area contributed by atoms with Crippen LogP contribution >= 0.6 is 11.8 Å². The lowest BCUT2D eigenvalue weighted by Crippen LogP contribution is -2.25. The Hall–Kier alpha value is -1.02. The second-order valence-corrected chi connectivity index (χ2v) is 7.84. The van der Waals surface area contributed by atoms with Gasteiger partial charge < -0.3 is 10.6 Å². The summed E-state index contributed by atoms with van der Waals surface area (Å²) in [6.45, 7) is 3.19. The molecule has 1 aromatic heterocycles. The van der Waals surface area contributed by atoms with E-state index in [1.165, 1.54) is 11.8 Å². The van der Waals surface area contributed by atoms with Gasteiger partial charge in [0.2, 0.25) is 0 Å². The SMILES string of the molecule is CCNc1cc(NCC2CCCS2(=O)=O)nc(SC)n1. The molecule has 0 saturated carbocycles. The second-order valence-electron chi connectivity index (χ2n) is 4.67. The summed E-state index contributed by atoms with van der Waals surface area (Å²) in [5.74, 6) is 1.73. The standard InChI is InChI=1S/C12H20N4O2S2/c1-3-13-10-7-11(16-12(15-10)19-2)14-8-9-5-4-6-20(9,17)18/h7,9H,3-6,8H2,1-2H3,(H2,13,14,15,16). The Balaban J connectivity index is 2.07. The van der Waals surface area contributed by atoms with Crippen molar-refractivity contribution in [2.45, 2.75) is 30.2 Å². The van der Waals surface area contributed by atoms with Crippen LogP contribution in [0.25, 0.3) is 0 Å². The first-order chi connectivity index (χ1) is 9.55. The lowest BCUT2D eigenvalue weighted by atomic mass is 10.2. The minimum absolute atomic E-state index is 0.294. The molecule has 1 atom stereocenters. The molecule has 0 amide bonds. The molecule has 20 heavy (non-hydrogen) atoms. The van der Waals surface area contributed by atoms with Gasteiger partial charge in [-0.2, -0.15) is 0 Å². The fourth-order valence-electron chi connectivity index (χ4n) is 2.18. The van der Waals surface area contributed by atoms with Gasteiger partial charge in [0.15, 0.2) is 15.0 Å². The van der Waals surface area contributed by atoms with Crippen molar-refractivity contribution in [1.29, 1.82) is 0 Å². The van der Waals surface area contributed by atoms with Crippen molar-refractivity contribution < 1.29 is 8.42 Å². The van der Waals surface area contributed by atoms with Gasteiger partial charge in [0.05, 0.1) is 11.0 Å². The number of nitrogens with zero attached hydrogens (tertiary/aromatic N) is 2. The van der Waals surface area contributed by atoms with Gasteiger partial charge in [-0.3, -0.25) is 0 Å². The molecule has 8 heteroatoms. The highest BCUT2D eigenvalue weighted by atomic mass is 32.2. The lowest BCUT2D eigenvalue weighted by Gasteiger charge is -2.13. The highest BCUT2D eigenvalue weighted by Crippen LogP contribution is 2.22. The number of rotatable bonds is 6. The fraction of sp³-hybridized carbons (Fsp3) is 0.667. The number of hydrogen-bond donors (Lipinski definition) is 2. The fourth-order valence-corrected chi connectivity index (χ4v) is 4.33. The minimum Gasteiger partial charge on any atom is -0.370 e. The molecule has 2 heterocycles. The molecule has 0 aromatic carbocycles. The number of sulfone groups is 1. The van der Waals surface area contributed by atoms with Gasteiger partial charge in [-0.25, -0.2) is 18.4 Å². The number of anilines is 2. The van der Waals surface area contributed by atoms with E-state index in [9.17, 15) is 8.42 Å². The van der Waals surface area contributed by atoms with Crippen molar-refractivity contribution in [3.05, 3.63) is 6.07 Å². The number of hydrogen-bond acceptors (Lipinski definition) is 7. The van der Waals surface area contributed by atoms with E-state index < -0.39 is 9.84 Å². The third-order valence-corrected chi connectivity index (χ3v) is 6.04. The molecule has 0 radical (unpaired) electrons. The molecule has 1 aliphatic rings.